The molecule has 2 N–H and O–H groups in total. The second-order valence-corrected chi connectivity index (χ2v) is 11.7. The van der Waals surface area contributed by atoms with Crippen molar-refractivity contribution in [2.75, 3.05) is 44.0 Å². The molecule has 1 aromatic heterocycles. The van der Waals surface area contributed by atoms with Crippen LogP contribution in [0.2, 0.25) is 4.34 Å². The number of hydrogen-bond donors (Lipinski definition) is 2. The minimum Gasteiger partial charge on any atom is -0.370 e. The molecule has 34 heavy (non-hydrogen) atoms. The number of sulfonamides is 1. The third kappa shape index (κ3) is 5.58. The highest BCUT2D eigenvalue weighted by atomic mass is 35.5. The number of ether oxygens (including phenoxy) is 1. The average molecular weight is 527 g/mol. The highest BCUT2D eigenvalue weighted by Crippen LogP contribution is 2.23. The number of halogens is 1. The number of nitrogens with zero attached hydrogens (tertiary/aromatic N) is 2. The predicted molar refractivity (Wildman–Crippen MR) is 128 cm³/mol. The number of benzene rings is 1. The molecule has 0 radical (unpaired) electrons. The third-order valence-electron chi connectivity index (χ3n) is 5.61. The van der Waals surface area contributed by atoms with Gasteiger partial charge in [0.25, 0.3) is 17.7 Å². The second-order valence-electron chi connectivity index (χ2n) is 7.99. The maximum Gasteiger partial charge on any atom is 0.261 e. The zero-order chi connectivity index (χ0) is 24.5. The van der Waals surface area contributed by atoms with E-state index in [4.69, 9.17) is 16.3 Å². The van der Waals surface area contributed by atoms with Gasteiger partial charge in [0.1, 0.15) is 6.61 Å². The van der Waals surface area contributed by atoms with Gasteiger partial charge in [-0.1, -0.05) is 11.6 Å². The Labute approximate surface area is 205 Å². The van der Waals surface area contributed by atoms with Crippen molar-refractivity contribution in [3.63, 3.8) is 0 Å². The van der Waals surface area contributed by atoms with Crippen LogP contribution in [0.3, 0.4) is 0 Å². The van der Waals surface area contributed by atoms with E-state index in [-0.39, 0.29) is 25.6 Å². The van der Waals surface area contributed by atoms with Crippen LogP contribution in [0.4, 0.5) is 5.69 Å². The Hall–Kier alpha value is -2.51. The first-order valence-electron chi connectivity index (χ1n) is 10.4. The van der Waals surface area contributed by atoms with Crippen molar-refractivity contribution in [1.82, 2.24) is 14.9 Å². The normalized spacial score (nSPS) is 21.5. The molecule has 2 aliphatic rings. The summed E-state index contributed by atoms with van der Waals surface area (Å²) in [6, 6.07) is 8.46. The number of amides is 3. The SMILES string of the molecule is CS(=O)(=O)N1C[C@H](NC(=O)c2ccc(N3CCOCC3=O)cc2)[C@H](NC(=O)c2ccc(Cl)s2)C1. The van der Waals surface area contributed by atoms with Crippen molar-refractivity contribution in [2.45, 2.75) is 12.1 Å². The molecule has 10 nitrogen and oxygen atoms in total. The highest BCUT2D eigenvalue weighted by molar-refractivity contribution is 7.88. The summed E-state index contributed by atoms with van der Waals surface area (Å²) in [7, 11) is -3.52. The van der Waals surface area contributed by atoms with E-state index in [1.54, 1.807) is 41.3 Å². The monoisotopic (exact) mass is 526 g/mol. The Morgan fingerprint density at radius 1 is 1.06 bits per heavy atom. The number of morpholine rings is 1. The van der Waals surface area contributed by atoms with Crippen molar-refractivity contribution in [1.29, 1.82) is 0 Å². The summed E-state index contributed by atoms with van der Waals surface area (Å²) in [5.41, 5.74) is 1.01. The van der Waals surface area contributed by atoms with Gasteiger partial charge in [0.05, 0.1) is 34.2 Å². The summed E-state index contributed by atoms with van der Waals surface area (Å²) in [4.78, 5) is 39.5. The first-order valence-corrected chi connectivity index (χ1v) is 13.5. The second kappa shape index (κ2) is 10.0. The van der Waals surface area contributed by atoms with Crippen LogP contribution >= 0.6 is 22.9 Å². The lowest BCUT2D eigenvalue weighted by Gasteiger charge is -2.27. The van der Waals surface area contributed by atoms with E-state index < -0.39 is 33.9 Å². The lowest BCUT2D eigenvalue weighted by atomic mass is 10.1. The molecule has 3 amide bonds. The molecule has 2 fully saturated rings. The van der Waals surface area contributed by atoms with Crippen molar-refractivity contribution in [3.8, 4) is 0 Å². The van der Waals surface area contributed by atoms with Crippen LogP contribution in [0.25, 0.3) is 0 Å². The van der Waals surface area contributed by atoms with E-state index in [1.807, 2.05) is 0 Å². The van der Waals surface area contributed by atoms with Gasteiger partial charge in [-0.2, -0.15) is 4.31 Å². The minimum atomic E-state index is -3.52. The lowest BCUT2D eigenvalue weighted by molar-refractivity contribution is -0.125. The van der Waals surface area contributed by atoms with Gasteiger partial charge in [0.15, 0.2) is 0 Å². The van der Waals surface area contributed by atoms with Gasteiger partial charge in [-0.25, -0.2) is 8.42 Å². The molecule has 0 unspecified atom stereocenters. The average Bonchev–Trinajstić information content (AvgIpc) is 3.40. The molecule has 13 heteroatoms. The molecule has 182 valence electrons. The molecule has 0 aliphatic carbocycles. The minimum absolute atomic E-state index is 0.0194. The van der Waals surface area contributed by atoms with Gasteiger partial charge in [-0.15, -0.1) is 11.3 Å². The molecule has 0 saturated carbocycles. The zero-order valence-electron chi connectivity index (χ0n) is 18.2. The van der Waals surface area contributed by atoms with Crippen LogP contribution in [-0.2, 0) is 19.6 Å². The summed E-state index contributed by atoms with van der Waals surface area (Å²) in [5, 5.41) is 5.64. The Morgan fingerprint density at radius 2 is 1.71 bits per heavy atom. The van der Waals surface area contributed by atoms with Crippen LogP contribution in [0.1, 0.15) is 20.0 Å². The van der Waals surface area contributed by atoms with Gasteiger partial charge in [-0.3, -0.25) is 14.4 Å². The molecule has 0 bridgehead atoms. The molecule has 4 rings (SSSR count). The number of carbonyl (C=O) groups is 3. The molecular weight excluding hydrogens is 504 g/mol. The van der Waals surface area contributed by atoms with E-state index >= 15 is 0 Å². The highest BCUT2D eigenvalue weighted by Gasteiger charge is 2.39. The fourth-order valence-corrected chi connectivity index (χ4v) is 5.65. The topological polar surface area (TPSA) is 125 Å². The molecule has 0 spiro atoms. The molecule has 3 heterocycles. The third-order valence-corrected chi connectivity index (χ3v) is 8.08. The lowest BCUT2D eigenvalue weighted by Crippen LogP contribution is -2.50. The van der Waals surface area contributed by atoms with Crippen molar-refractivity contribution in [3.05, 3.63) is 51.2 Å². The number of hydrogen-bond acceptors (Lipinski definition) is 7. The van der Waals surface area contributed by atoms with Gasteiger partial charge in [-0.05, 0) is 36.4 Å². The van der Waals surface area contributed by atoms with E-state index in [0.29, 0.717) is 33.6 Å². The summed E-state index contributed by atoms with van der Waals surface area (Å²) in [6.45, 7) is 0.960. The molecule has 2 atom stereocenters. The Kier molecular flexibility index (Phi) is 7.24. The fourth-order valence-electron chi connectivity index (χ4n) is 3.84. The van der Waals surface area contributed by atoms with Crippen LogP contribution in [-0.4, -0.2) is 81.6 Å². The van der Waals surface area contributed by atoms with Crippen LogP contribution < -0.4 is 15.5 Å². The smallest absolute Gasteiger partial charge is 0.261 e. The maximum atomic E-state index is 12.9. The van der Waals surface area contributed by atoms with E-state index in [2.05, 4.69) is 10.6 Å². The first kappa shape index (κ1) is 24.6. The van der Waals surface area contributed by atoms with Crippen molar-refractivity contribution < 1.29 is 27.5 Å². The first-order chi connectivity index (χ1) is 16.1. The summed E-state index contributed by atoms with van der Waals surface area (Å²) < 4.78 is 31.0. The molecule has 2 aromatic rings. The standard InChI is InChI=1S/C21H23ClN4O6S2/c1-34(30,31)25-10-15(16(11-25)24-21(29)17-6-7-18(22)33-17)23-20(28)13-2-4-14(5-3-13)26-8-9-32-12-19(26)27/h2-7,15-16H,8-12H2,1H3,(H,23,28)(H,24,29)/t15-,16+/m0/s1. The van der Waals surface area contributed by atoms with Crippen molar-refractivity contribution in [2.24, 2.45) is 0 Å². The summed E-state index contributed by atoms with van der Waals surface area (Å²) >= 11 is 7.01. The van der Waals surface area contributed by atoms with Crippen LogP contribution in [0, 0.1) is 0 Å². The molecular formula is C21H23ClN4O6S2. The zero-order valence-corrected chi connectivity index (χ0v) is 20.6. The molecule has 1 aromatic carbocycles. The van der Waals surface area contributed by atoms with E-state index in [1.165, 1.54) is 4.31 Å². The quantitative estimate of drug-likeness (QED) is 0.577. The number of carbonyl (C=O) groups excluding carboxylic acids is 3. The summed E-state index contributed by atoms with van der Waals surface area (Å²) in [6.07, 6.45) is 1.08. The van der Waals surface area contributed by atoms with Gasteiger partial charge >= 0.3 is 0 Å². The Bertz CT molecular complexity index is 1200. The number of thiophene rings is 1. The van der Waals surface area contributed by atoms with Crippen LogP contribution in [0.15, 0.2) is 36.4 Å². The fraction of sp³-hybridized carbons (Fsp3) is 0.381. The van der Waals surface area contributed by atoms with E-state index in [9.17, 15) is 22.8 Å². The maximum absolute atomic E-state index is 12.9. The van der Waals surface area contributed by atoms with E-state index in [0.717, 1.165) is 17.6 Å². The largest absolute Gasteiger partial charge is 0.370 e. The number of nitrogens with one attached hydrogen (secondary N) is 2. The van der Waals surface area contributed by atoms with Crippen LogP contribution in [0.5, 0.6) is 0 Å². The van der Waals surface area contributed by atoms with Gasteiger partial charge in [0.2, 0.25) is 10.0 Å². The van der Waals surface area contributed by atoms with Gasteiger partial charge in [0, 0.05) is 30.9 Å². The van der Waals surface area contributed by atoms with Crippen molar-refractivity contribution >= 4 is 56.4 Å². The Balaban J connectivity index is 1.46. The predicted octanol–water partition coefficient (Wildman–Crippen LogP) is 0.937. The summed E-state index contributed by atoms with van der Waals surface area (Å²) in [5.74, 6) is -0.962. The molecule has 2 saturated heterocycles. The number of anilines is 1. The number of rotatable bonds is 6. The van der Waals surface area contributed by atoms with Gasteiger partial charge < -0.3 is 20.3 Å². The molecule has 2 aliphatic heterocycles. The Morgan fingerprint density at radius 3 is 2.26 bits per heavy atom.